The van der Waals surface area contributed by atoms with Gasteiger partial charge in [-0.2, -0.15) is 0 Å². The zero-order valence-corrected chi connectivity index (χ0v) is 12.8. The van der Waals surface area contributed by atoms with Gasteiger partial charge in [-0.25, -0.2) is 4.39 Å². The summed E-state index contributed by atoms with van der Waals surface area (Å²) in [6, 6.07) is 4.59. The topological polar surface area (TPSA) is 24.9 Å². The maximum absolute atomic E-state index is 13.5. The highest BCUT2D eigenvalue weighted by Crippen LogP contribution is 2.32. The molecule has 0 fully saturated rings. The van der Waals surface area contributed by atoms with Crippen molar-refractivity contribution in [3.05, 3.63) is 63.1 Å². The molecule has 1 N–H and O–H groups in total. The Bertz CT molecular complexity index is 617. The average molecular weight is 313 g/mol. The van der Waals surface area contributed by atoms with E-state index in [0.29, 0.717) is 17.1 Å². The quantitative estimate of drug-likeness (QED) is 0.829. The molecule has 0 saturated heterocycles. The van der Waals surface area contributed by atoms with E-state index in [-0.39, 0.29) is 11.1 Å². The lowest BCUT2D eigenvalue weighted by Gasteiger charge is -2.18. The van der Waals surface area contributed by atoms with Gasteiger partial charge in [0.1, 0.15) is 5.82 Å². The highest BCUT2D eigenvalue weighted by atomic mass is 35.5. The Balaban J connectivity index is 2.15. The third-order valence-electron chi connectivity index (χ3n) is 3.25. The first kappa shape index (κ1) is 15.2. The number of aromatic nitrogens is 1. The van der Waals surface area contributed by atoms with E-state index in [0.717, 1.165) is 11.1 Å². The Morgan fingerprint density at radius 2 is 2.05 bits per heavy atom. The largest absolute Gasteiger partial charge is 0.306 e. The molecular weight excluding hydrogens is 298 g/mol. The number of nitrogens with zero attached hydrogens (tertiary/aromatic N) is 1. The number of rotatable bonds is 4. The van der Waals surface area contributed by atoms with Crippen LogP contribution in [-0.2, 0) is 6.54 Å². The Hall–Kier alpha value is -1.16. The van der Waals surface area contributed by atoms with Gasteiger partial charge in [0.15, 0.2) is 0 Å². The van der Waals surface area contributed by atoms with Crippen molar-refractivity contribution in [1.29, 1.82) is 0 Å². The minimum Gasteiger partial charge on any atom is -0.306 e. The van der Waals surface area contributed by atoms with Crippen LogP contribution in [0.3, 0.4) is 0 Å². The smallest absolute Gasteiger partial charge is 0.142 e. The summed E-state index contributed by atoms with van der Waals surface area (Å²) in [7, 11) is 0. The van der Waals surface area contributed by atoms with Crippen LogP contribution in [0.15, 0.2) is 30.6 Å². The predicted octanol–water partition coefficient (Wildman–Crippen LogP) is 4.69. The van der Waals surface area contributed by atoms with Gasteiger partial charge in [-0.15, -0.1) is 0 Å². The average Bonchev–Trinajstić information content (AvgIpc) is 2.42. The molecule has 2 nitrogen and oxygen atoms in total. The van der Waals surface area contributed by atoms with Gasteiger partial charge in [0.25, 0.3) is 0 Å². The number of hydrogen-bond donors (Lipinski definition) is 1. The summed E-state index contributed by atoms with van der Waals surface area (Å²) in [5.74, 6) is -0.459. The van der Waals surface area contributed by atoms with Crippen LogP contribution in [0.25, 0.3) is 0 Å². The van der Waals surface area contributed by atoms with E-state index < -0.39 is 5.82 Å². The van der Waals surface area contributed by atoms with E-state index in [1.54, 1.807) is 6.20 Å². The van der Waals surface area contributed by atoms with Crippen LogP contribution >= 0.6 is 23.2 Å². The molecule has 20 heavy (non-hydrogen) atoms. The SMILES string of the molecule is Cc1cnccc1CNC(C)c1c(Cl)ccc(F)c1Cl. The second-order valence-corrected chi connectivity index (χ2v) is 5.45. The second-order valence-electron chi connectivity index (χ2n) is 4.66. The molecule has 5 heteroatoms. The molecule has 0 aliphatic carbocycles. The van der Waals surface area contributed by atoms with Crippen molar-refractivity contribution in [1.82, 2.24) is 10.3 Å². The fourth-order valence-corrected chi connectivity index (χ4v) is 2.70. The number of nitrogens with one attached hydrogen (secondary N) is 1. The molecule has 1 unspecified atom stereocenters. The van der Waals surface area contributed by atoms with Gasteiger partial charge in [-0.1, -0.05) is 23.2 Å². The van der Waals surface area contributed by atoms with Crippen molar-refractivity contribution in [2.45, 2.75) is 26.4 Å². The zero-order chi connectivity index (χ0) is 14.7. The molecule has 0 spiro atoms. The number of halogens is 3. The Labute approximate surface area is 127 Å². The Morgan fingerprint density at radius 3 is 2.75 bits per heavy atom. The molecule has 0 saturated carbocycles. The van der Waals surface area contributed by atoms with Gasteiger partial charge < -0.3 is 5.32 Å². The molecule has 1 aromatic heterocycles. The first-order valence-corrected chi connectivity index (χ1v) is 7.02. The van der Waals surface area contributed by atoms with Gasteiger partial charge in [0, 0.05) is 35.6 Å². The fraction of sp³-hybridized carbons (Fsp3) is 0.267. The van der Waals surface area contributed by atoms with Crippen LogP contribution in [0.4, 0.5) is 4.39 Å². The van der Waals surface area contributed by atoms with Crippen molar-refractivity contribution >= 4 is 23.2 Å². The van der Waals surface area contributed by atoms with Crippen molar-refractivity contribution in [3.63, 3.8) is 0 Å². The summed E-state index contributed by atoms with van der Waals surface area (Å²) in [6.07, 6.45) is 3.56. The Kier molecular flexibility index (Phi) is 4.97. The minimum absolute atomic E-state index is 0.0731. The first-order valence-electron chi connectivity index (χ1n) is 6.27. The van der Waals surface area contributed by atoms with E-state index in [2.05, 4.69) is 10.3 Å². The maximum Gasteiger partial charge on any atom is 0.142 e. The van der Waals surface area contributed by atoms with Gasteiger partial charge >= 0.3 is 0 Å². The summed E-state index contributed by atoms with van der Waals surface area (Å²) < 4.78 is 13.5. The third-order valence-corrected chi connectivity index (χ3v) is 3.96. The standard InChI is InChI=1S/C15H15Cl2FN2/c1-9-7-19-6-5-11(9)8-20-10(2)14-12(16)3-4-13(18)15(14)17/h3-7,10,20H,8H2,1-2H3. The number of benzene rings is 1. The predicted molar refractivity (Wildman–Crippen MR) is 80.6 cm³/mol. The Morgan fingerprint density at radius 1 is 1.30 bits per heavy atom. The molecule has 0 radical (unpaired) electrons. The molecule has 0 bridgehead atoms. The van der Waals surface area contributed by atoms with Crippen LogP contribution in [-0.4, -0.2) is 4.98 Å². The van der Waals surface area contributed by atoms with E-state index in [1.165, 1.54) is 12.1 Å². The summed E-state index contributed by atoms with van der Waals surface area (Å²) in [5.41, 5.74) is 2.82. The summed E-state index contributed by atoms with van der Waals surface area (Å²) in [5, 5.41) is 3.84. The highest BCUT2D eigenvalue weighted by Gasteiger charge is 2.16. The number of pyridine rings is 1. The van der Waals surface area contributed by atoms with E-state index in [4.69, 9.17) is 23.2 Å². The van der Waals surface area contributed by atoms with Gasteiger partial charge in [0.05, 0.1) is 5.02 Å². The van der Waals surface area contributed by atoms with Crippen molar-refractivity contribution < 1.29 is 4.39 Å². The minimum atomic E-state index is -0.459. The zero-order valence-electron chi connectivity index (χ0n) is 11.3. The molecule has 1 aromatic carbocycles. The molecule has 0 amide bonds. The van der Waals surface area contributed by atoms with Crippen LogP contribution in [0.1, 0.15) is 29.7 Å². The molecule has 2 rings (SSSR count). The van der Waals surface area contributed by atoms with Gasteiger partial charge in [0.2, 0.25) is 0 Å². The number of hydrogen-bond acceptors (Lipinski definition) is 2. The van der Waals surface area contributed by atoms with Crippen LogP contribution in [0.2, 0.25) is 10.0 Å². The monoisotopic (exact) mass is 312 g/mol. The molecule has 2 aromatic rings. The first-order chi connectivity index (χ1) is 9.50. The third kappa shape index (κ3) is 3.29. The van der Waals surface area contributed by atoms with Crippen LogP contribution in [0.5, 0.6) is 0 Å². The van der Waals surface area contributed by atoms with E-state index >= 15 is 0 Å². The molecule has 0 aliphatic heterocycles. The molecule has 1 atom stereocenters. The lowest BCUT2D eigenvalue weighted by Crippen LogP contribution is -2.19. The normalized spacial score (nSPS) is 12.4. The molecular formula is C15H15Cl2FN2. The van der Waals surface area contributed by atoms with Gasteiger partial charge in [-0.3, -0.25) is 4.98 Å². The summed E-state index contributed by atoms with van der Waals surface area (Å²) >= 11 is 12.1. The van der Waals surface area contributed by atoms with E-state index in [1.807, 2.05) is 26.1 Å². The second kappa shape index (κ2) is 6.53. The van der Waals surface area contributed by atoms with Gasteiger partial charge in [-0.05, 0) is 43.2 Å². The lowest BCUT2D eigenvalue weighted by atomic mass is 10.1. The molecule has 1 heterocycles. The summed E-state index contributed by atoms with van der Waals surface area (Å²) in [4.78, 5) is 4.05. The highest BCUT2D eigenvalue weighted by molar-refractivity contribution is 6.36. The van der Waals surface area contributed by atoms with Crippen molar-refractivity contribution in [2.75, 3.05) is 0 Å². The molecule has 0 aliphatic rings. The number of aryl methyl sites for hydroxylation is 1. The maximum atomic E-state index is 13.5. The van der Waals surface area contributed by atoms with Crippen molar-refractivity contribution in [3.8, 4) is 0 Å². The van der Waals surface area contributed by atoms with E-state index in [9.17, 15) is 4.39 Å². The molecule has 106 valence electrons. The fourth-order valence-electron chi connectivity index (χ4n) is 2.01. The van der Waals surface area contributed by atoms with Crippen LogP contribution in [0, 0.1) is 12.7 Å². The van der Waals surface area contributed by atoms with Crippen molar-refractivity contribution in [2.24, 2.45) is 0 Å². The lowest BCUT2D eigenvalue weighted by molar-refractivity contribution is 0.564. The summed E-state index contributed by atoms with van der Waals surface area (Å²) in [6.45, 7) is 4.54. The van der Waals surface area contributed by atoms with Crippen LogP contribution < -0.4 is 5.32 Å².